The first kappa shape index (κ1) is 16.5. The topological polar surface area (TPSA) is 97.9 Å². The molecule has 0 saturated heterocycles. The highest BCUT2D eigenvalue weighted by molar-refractivity contribution is 9.10. The van der Waals surface area contributed by atoms with Crippen LogP contribution in [0.5, 0.6) is 0 Å². The number of hydrogen-bond acceptors (Lipinski definition) is 5. The molecular weight excluding hydrogens is 384 g/mol. The number of carbonyl (C=O) groups is 1. The Hall–Kier alpha value is -1.93. The second-order valence-corrected chi connectivity index (χ2v) is 7.55. The molecule has 1 aliphatic heterocycles. The van der Waals surface area contributed by atoms with Crippen molar-refractivity contribution in [3.05, 3.63) is 28.0 Å². The molecule has 4 N–H and O–H groups in total. The molecule has 2 aromatic heterocycles. The highest BCUT2D eigenvalue weighted by atomic mass is 79.9. The molecule has 8 heteroatoms. The molecule has 0 radical (unpaired) electrons. The van der Waals surface area contributed by atoms with Gasteiger partial charge in [0, 0.05) is 43.0 Å². The summed E-state index contributed by atoms with van der Waals surface area (Å²) < 4.78 is 2.55. The van der Waals surface area contributed by atoms with Crippen LogP contribution in [-0.2, 0) is 13.6 Å². The van der Waals surface area contributed by atoms with Gasteiger partial charge in [0.1, 0.15) is 5.82 Å². The van der Waals surface area contributed by atoms with Gasteiger partial charge in [0.15, 0.2) is 0 Å². The molecule has 4 rings (SSSR count). The second kappa shape index (κ2) is 6.42. The maximum atomic E-state index is 12.3. The Labute approximate surface area is 154 Å². The number of hydrogen-bond donors (Lipinski definition) is 3. The largest absolute Gasteiger partial charge is 0.365 e. The van der Waals surface area contributed by atoms with Gasteiger partial charge in [-0.1, -0.05) is 12.8 Å². The van der Waals surface area contributed by atoms with Crippen molar-refractivity contribution in [2.45, 2.75) is 44.3 Å². The SMILES string of the molecule is Cn1cc(-c2nc(N[C@@H]3CCCC[C@@H]3N)c(Br)c3c2C(=O)NC3)cn1. The van der Waals surface area contributed by atoms with Crippen molar-refractivity contribution in [3.8, 4) is 11.3 Å². The van der Waals surface area contributed by atoms with E-state index in [1.54, 1.807) is 10.9 Å². The molecule has 0 bridgehead atoms. The van der Waals surface area contributed by atoms with Crippen molar-refractivity contribution in [1.82, 2.24) is 20.1 Å². The van der Waals surface area contributed by atoms with Crippen LogP contribution >= 0.6 is 15.9 Å². The summed E-state index contributed by atoms with van der Waals surface area (Å²) in [6.07, 6.45) is 8.01. The van der Waals surface area contributed by atoms with Crippen molar-refractivity contribution in [3.63, 3.8) is 0 Å². The molecule has 7 nitrogen and oxygen atoms in total. The van der Waals surface area contributed by atoms with E-state index in [1.165, 1.54) is 12.8 Å². The van der Waals surface area contributed by atoms with Crippen molar-refractivity contribution < 1.29 is 4.79 Å². The van der Waals surface area contributed by atoms with E-state index in [4.69, 9.17) is 10.7 Å². The zero-order chi connectivity index (χ0) is 17.6. The molecule has 0 aromatic carbocycles. The fourth-order valence-corrected chi connectivity index (χ4v) is 4.18. The minimum atomic E-state index is -0.0945. The molecule has 132 valence electrons. The third-order valence-electron chi connectivity index (χ3n) is 5.01. The minimum absolute atomic E-state index is 0.0945. The lowest BCUT2D eigenvalue weighted by Crippen LogP contribution is -2.42. The van der Waals surface area contributed by atoms with Crippen LogP contribution in [0.25, 0.3) is 11.3 Å². The lowest BCUT2D eigenvalue weighted by atomic mass is 9.91. The number of carbonyl (C=O) groups excluding carboxylic acids is 1. The van der Waals surface area contributed by atoms with E-state index >= 15 is 0 Å². The van der Waals surface area contributed by atoms with Crippen LogP contribution in [0.3, 0.4) is 0 Å². The standard InChI is InChI=1S/C17H21BrN6O/c1-24-8-9(6-21-24)15-13-10(7-20-17(13)25)14(18)16(23-15)22-12-5-3-2-4-11(12)19/h6,8,11-12H,2-5,7,19H2,1H3,(H,20,25)(H,22,23)/t11-,12+/m0/s1. The fraction of sp³-hybridized carbons (Fsp3) is 0.471. The number of fused-ring (bicyclic) bond motifs is 1. The Bertz CT molecular complexity index is 833. The van der Waals surface area contributed by atoms with Gasteiger partial charge in [-0.15, -0.1) is 0 Å². The van der Waals surface area contributed by atoms with Crippen LogP contribution in [0.1, 0.15) is 41.6 Å². The Morgan fingerprint density at radius 2 is 2.20 bits per heavy atom. The normalized spacial score (nSPS) is 22.6. The van der Waals surface area contributed by atoms with Crippen molar-refractivity contribution in [1.29, 1.82) is 0 Å². The average molecular weight is 405 g/mol. The Morgan fingerprint density at radius 3 is 2.92 bits per heavy atom. The number of nitrogens with two attached hydrogens (primary N) is 1. The summed E-state index contributed by atoms with van der Waals surface area (Å²) in [6.45, 7) is 0.496. The number of pyridine rings is 1. The number of rotatable bonds is 3. The first-order valence-electron chi connectivity index (χ1n) is 8.56. The lowest BCUT2D eigenvalue weighted by molar-refractivity contribution is 0.0966. The van der Waals surface area contributed by atoms with Gasteiger partial charge in [0.25, 0.3) is 5.91 Å². The number of aryl methyl sites for hydroxylation is 1. The predicted octanol–water partition coefficient (Wildman–Crippen LogP) is 2.17. The van der Waals surface area contributed by atoms with Gasteiger partial charge in [-0.2, -0.15) is 5.10 Å². The Morgan fingerprint density at radius 1 is 1.40 bits per heavy atom. The maximum Gasteiger partial charge on any atom is 0.254 e. The number of aromatic nitrogens is 3. The van der Waals surface area contributed by atoms with Gasteiger partial charge < -0.3 is 16.4 Å². The summed E-state index contributed by atoms with van der Waals surface area (Å²) in [5.74, 6) is 0.652. The maximum absolute atomic E-state index is 12.3. The summed E-state index contributed by atoms with van der Waals surface area (Å²) in [5, 5.41) is 10.6. The van der Waals surface area contributed by atoms with Gasteiger partial charge in [-0.25, -0.2) is 4.98 Å². The molecular formula is C17H21BrN6O. The van der Waals surface area contributed by atoms with Crippen molar-refractivity contribution >= 4 is 27.7 Å². The monoisotopic (exact) mass is 404 g/mol. The highest BCUT2D eigenvalue weighted by Gasteiger charge is 2.31. The van der Waals surface area contributed by atoms with Crippen molar-refractivity contribution in [2.24, 2.45) is 12.8 Å². The van der Waals surface area contributed by atoms with Gasteiger partial charge >= 0.3 is 0 Å². The lowest BCUT2D eigenvalue weighted by Gasteiger charge is -2.30. The quantitative estimate of drug-likeness (QED) is 0.727. The number of amides is 1. The fourth-order valence-electron chi connectivity index (χ4n) is 3.64. The van der Waals surface area contributed by atoms with Crippen molar-refractivity contribution in [2.75, 3.05) is 5.32 Å². The van der Waals surface area contributed by atoms with E-state index in [0.29, 0.717) is 17.8 Å². The third-order valence-corrected chi connectivity index (χ3v) is 5.86. The van der Waals surface area contributed by atoms with Crippen LogP contribution in [0.4, 0.5) is 5.82 Å². The summed E-state index contributed by atoms with van der Waals surface area (Å²) in [6, 6.07) is 0.319. The summed E-state index contributed by atoms with van der Waals surface area (Å²) in [5.41, 5.74) is 9.33. The second-order valence-electron chi connectivity index (χ2n) is 6.76. The molecule has 1 aliphatic carbocycles. The average Bonchev–Trinajstić information content (AvgIpc) is 3.19. The van der Waals surface area contributed by atoms with Crippen LogP contribution in [0, 0.1) is 0 Å². The molecule has 2 atom stereocenters. The van der Waals surface area contributed by atoms with E-state index in [9.17, 15) is 4.79 Å². The molecule has 25 heavy (non-hydrogen) atoms. The molecule has 1 saturated carbocycles. The van der Waals surface area contributed by atoms with Gasteiger partial charge in [0.05, 0.1) is 21.9 Å². The van der Waals surface area contributed by atoms with E-state index < -0.39 is 0 Å². The smallest absolute Gasteiger partial charge is 0.254 e. The van der Waals surface area contributed by atoms with Crippen LogP contribution < -0.4 is 16.4 Å². The van der Waals surface area contributed by atoms with E-state index in [1.807, 2.05) is 13.2 Å². The molecule has 2 aromatic rings. The van der Waals surface area contributed by atoms with Crippen LogP contribution in [0.15, 0.2) is 16.9 Å². The summed E-state index contributed by atoms with van der Waals surface area (Å²) in [7, 11) is 1.85. The van der Waals surface area contributed by atoms with Crippen LogP contribution in [0.2, 0.25) is 0 Å². The third kappa shape index (κ3) is 2.93. The minimum Gasteiger partial charge on any atom is -0.365 e. The van der Waals surface area contributed by atoms with Gasteiger partial charge in [0.2, 0.25) is 0 Å². The zero-order valence-electron chi connectivity index (χ0n) is 14.1. The number of halogens is 1. The van der Waals surface area contributed by atoms with Gasteiger partial charge in [-0.3, -0.25) is 9.48 Å². The van der Waals surface area contributed by atoms with Crippen LogP contribution in [-0.4, -0.2) is 32.8 Å². The van der Waals surface area contributed by atoms with E-state index in [0.717, 1.165) is 34.3 Å². The Balaban J connectivity index is 1.79. The van der Waals surface area contributed by atoms with E-state index in [2.05, 4.69) is 31.7 Å². The first-order chi connectivity index (χ1) is 12.0. The summed E-state index contributed by atoms with van der Waals surface area (Å²) >= 11 is 3.64. The molecule has 0 spiro atoms. The molecule has 2 aliphatic rings. The predicted molar refractivity (Wildman–Crippen MR) is 99.2 cm³/mol. The highest BCUT2D eigenvalue weighted by Crippen LogP contribution is 2.37. The molecule has 3 heterocycles. The van der Waals surface area contributed by atoms with Gasteiger partial charge in [-0.05, 0) is 28.8 Å². The summed E-state index contributed by atoms with van der Waals surface area (Å²) in [4.78, 5) is 17.1. The number of nitrogens with zero attached hydrogens (tertiary/aromatic N) is 3. The van der Waals surface area contributed by atoms with E-state index in [-0.39, 0.29) is 18.0 Å². The number of anilines is 1. The molecule has 0 unspecified atom stereocenters. The first-order valence-corrected chi connectivity index (χ1v) is 9.35. The zero-order valence-corrected chi connectivity index (χ0v) is 15.6. The molecule has 1 amide bonds. The Kier molecular flexibility index (Phi) is 4.24. The molecule has 1 fully saturated rings. The number of nitrogens with one attached hydrogen (secondary N) is 2.